The van der Waals surface area contributed by atoms with Crippen LogP contribution >= 0.6 is 22.6 Å². The van der Waals surface area contributed by atoms with E-state index in [1.54, 1.807) is 6.92 Å². The van der Waals surface area contributed by atoms with Crippen molar-refractivity contribution in [3.8, 4) is 0 Å². The van der Waals surface area contributed by atoms with Crippen LogP contribution in [0.5, 0.6) is 0 Å². The van der Waals surface area contributed by atoms with Crippen LogP contribution in [0.15, 0.2) is 43.7 Å². The topological polar surface area (TPSA) is 175 Å². The Kier molecular flexibility index (Phi) is 8.62. The van der Waals surface area contributed by atoms with E-state index >= 15 is 0 Å². The number of H-pyrrole nitrogens is 2. The molecule has 4 rings (SSSR count). The third-order valence-electron chi connectivity index (χ3n) is 5.33. The number of carbonyl (C=O) groups is 1. The van der Waals surface area contributed by atoms with Gasteiger partial charge in [0.1, 0.15) is 24.7 Å². The number of ether oxygens (including phenoxy) is 3. The van der Waals surface area contributed by atoms with Crippen molar-refractivity contribution in [2.24, 2.45) is 0 Å². The molecule has 0 saturated carbocycles. The molecule has 2 aromatic rings. The minimum absolute atomic E-state index is 0.256. The van der Waals surface area contributed by atoms with Crippen molar-refractivity contribution in [1.29, 1.82) is 0 Å². The minimum Gasteiger partial charge on any atom is -0.460 e. The van der Waals surface area contributed by atoms with Crippen molar-refractivity contribution < 1.29 is 24.1 Å². The zero-order valence-electron chi connectivity index (χ0n) is 18.4. The predicted molar refractivity (Wildman–Crippen MR) is 126 cm³/mol. The summed E-state index contributed by atoms with van der Waals surface area (Å²) in [7, 11) is 0. The number of aromatic nitrogens is 4. The van der Waals surface area contributed by atoms with Crippen molar-refractivity contribution in [3.63, 3.8) is 0 Å². The Morgan fingerprint density at radius 3 is 2.00 bits per heavy atom. The molecule has 34 heavy (non-hydrogen) atoms. The highest BCUT2D eigenvalue weighted by Crippen LogP contribution is 2.31. The van der Waals surface area contributed by atoms with E-state index in [-0.39, 0.29) is 24.3 Å². The molecule has 4 heterocycles. The fraction of sp³-hybridized carbons (Fsp3) is 0.550. The fourth-order valence-electron chi connectivity index (χ4n) is 3.63. The largest absolute Gasteiger partial charge is 0.460 e. The number of nitrogens with one attached hydrogen (secondary N) is 2. The molecular weight excluding hydrogens is 567 g/mol. The Bertz CT molecular complexity index is 1230. The van der Waals surface area contributed by atoms with Gasteiger partial charge in [0.15, 0.2) is 0 Å². The molecule has 0 bridgehead atoms. The van der Waals surface area contributed by atoms with Gasteiger partial charge in [-0.25, -0.2) is 9.59 Å². The fourth-order valence-corrected chi connectivity index (χ4v) is 4.40. The number of aromatic amines is 2. The number of hydrogen-bond acceptors (Lipinski definition) is 9. The first-order chi connectivity index (χ1) is 16.1. The third kappa shape index (κ3) is 6.31. The molecule has 2 aromatic heterocycles. The van der Waals surface area contributed by atoms with Gasteiger partial charge in [-0.3, -0.25) is 33.5 Å². The van der Waals surface area contributed by atoms with Gasteiger partial charge in [0.2, 0.25) is 0 Å². The van der Waals surface area contributed by atoms with E-state index in [2.05, 4.69) is 32.6 Å². The van der Waals surface area contributed by atoms with Gasteiger partial charge in [-0.05, 0) is 6.92 Å². The summed E-state index contributed by atoms with van der Waals surface area (Å²) in [6, 6.07) is 2.50. The summed E-state index contributed by atoms with van der Waals surface area (Å²) in [6.45, 7) is 3.07. The maximum Gasteiger partial charge on any atom is 0.330 e. The molecule has 0 aliphatic carbocycles. The molecule has 2 aliphatic heterocycles. The molecular formula is C20H25IN4O9. The van der Waals surface area contributed by atoms with Crippen molar-refractivity contribution in [2.75, 3.05) is 4.43 Å². The lowest BCUT2D eigenvalue weighted by atomic mass is 10.2. The second-order valence-electron chi connectivity index (χ2n) is 7.80. The van der Waals surface area contributed by atoms with Crippen molar-refractivity contribution in [2.45, 2.75) is 63.6 Å². The van der Waals surface area contributed by atoms with Gasteiger partial charge in [0.05, 0.1) is 12.2 Å². The molecule has 13 nitrogen and oxygen atoms in total. The molecule has 0 amide bonds. The number of halogens is 1. The summed E-state index contributed by atoms with van der Waals surface area (Å²) in [5.41, 5.74) is -1.95. The van der Waals surface area contributed by atoms with Gasteiger partial charge < -0.3 is 19.3 Å². The van der Waals surface area contributed by atoms with Crippen LogP contribution in [0.1, 0.15) is 39.1 Å². The van der Waals surface area contributed by atoms with E-state index in [0.29, 0.717) is 17.3 Å². The lowest BCUT2D eigenvalue weighted by Gasteiger charge is -2.15. The molecule has 2 saturated heterocycles. The van der Waals surface area contributed by atoms with Crippen LogP contribution in [0.4, 0.5) is 0 Å². The first kappa shape index (κ1) is 26.1. The lowest BCUT2D eigenvalue weighted by molar-refractivity contribution is -0.148. The Hall–Kier alpha value is -2.56. The zero-order valence-corrected chi connectivity index (χ0v) is 20.5. The highest BCUT2D eigenvalue weighted by molar-refractivity contribution is 14.1. The summed E-state index contributed by atoms with van der Waals surface area (Å²) in [5.74, 6) is -0.377. The van der Waals surface area contributed by atoms with Crippen LogP contribution in [-0.4, -0.2) is 59.0 Å². The van der Waals surface area contributed by atoms with E-state index < -0.39 is 41.1 Å². The summed E-state index contributed by atoms with van der Waals surface area (Å²) < 4.78 is 19.4. The van der Waals surface area contributed by atoms with E-state index in [1.807, 2.05) is 0 Å². The highest BCUT2D eigenvalue weighted by atomic mass is 127. The Morgan fingerprint density at radius 2 is 1.59 bits per heavy atom. The first-order valence-corrected chi connectivity index (χ1v) is 12.0. The number of carbonyl (C=O) groups excluding carboxylic acids is 1. The number of hydrogen-bond donors (Lipinski definition) is 3. The number of nitrogens with zero attached hydrogens (tertiary/aromatic N) is 2. The summed E-state index contributed by atoms with van der Waals surface area (Å²) >= 11 is 2.13. The van der Waals surface area contributed by atoms with Gasteiger partial charge in [-0.2, -0.15) is 0 Å². The Labute approximate surface area is 205 Å². The monoisotopic (exact) mass is 592 g/mol. The average Bonchev–Trinajstić information content (AvgIpc) is 3.30. The van der Waals surface area contributed by atoms with Crippen molar-refractivity contribution >= 4 is 28.6 Å². The second-order valence-corrected chi connectivity index (χ2v) is 8.68. The molecule has 0 spiro atoms. The zero-order chi connectivity index (χ0) is 25.0. The Balaban J connectivity index is 0.000000196. The van der Waals surface area contributed by atoms with Crippen molar-refractivity contribution in [3.05, 3.63) is 66.2 Å². The number of aliphatic hydroxyl groups excluding tert-OH is 1. The smallest absolute Gasteiger partial charge is 0.330 e. The van der Waals surface area contributed by atoms with Crippen LogP contribution in [-0.2, 0) is 19.0 Å². The van der Waals surface area contributed by atoms with Gasteiger partial charge in [0.25, 0.3) is 11.1 Å². The summed E-state index contributed by atoms with van der Waals surface area (Å²) in [4.78, 5) is 60.2. The molecule has 14 heteroatoms. The standard InChI is InChI=1S/C11H13IN2O5.C9H12N2O4/c1-6(15)18-7-4-10(19-8(7)5-12)14-3-2-9(16)13-11(14)17;1-5-6(12)4-8(15-5)11-3-2-7(13)10-9(11)14/h2-3,7-8,10H,4-5H2,1H3,(H,13,16,17);2-3,5-6,8,12H,4H2,1H3,(H,10,13,14)/t7?,8-,10-;5-,6?,8-/m11/s1. The maximum absolute atomic E-state index is 11.7. The van der Waals surface area contributed by atoms with Crippen molar-refractivity contribution in [1.82, 2.24) is 19.1 Å². The maximum atomic E-state index is 11.7. The van der Waals surface area contributed by atoms with E-state index in [9.17, 15) is 29.1 Å². The van der Waals surface area contributed by atoms with E-state index in [1.165, 1.54) is 40.6 Å². The molecule has 6 atom stereocenters. The van der Waals surface area contributed by atoms with Gasteiger partial charge in [-0.15, -0.1) is 0 Å². The average molecular weight is 592 g/mol. The molecule has 2 aliphatic rings. The molecule has 3 N–H and O–H groups in total. The molecule has 0 aromatic carbocycles. The second kappa shape index (κ2) is 11.2. The predicted octanol–water partition coefficient (Wildman–Crippen LogP) is -0.604. The SMILES string of the molecule is CC(=O)OC1C[C@H](n2ccc(=O)[nH]c2=O)O[C@@H]1CI.C[C@H]1O[C@@H](n2ccc(=O)[nH]c2=O)CC1O. The van der Waals surface area contributed by atoms with Gasteiger partial charge in [0, 0.05) is 48.7 Å². The lowest BCUT2D eigenvalue weighted by Crippen LogP contribution is -2.31. The quantitative estimate of drug-likeness (QED) is 0.238. The summed E-state index contributed by atoms with van der Waals surface area (Å²) in [6.07, 6.45) is 0.955. The molecule has 2 unspecified atom stereocenters. The highest BCUT2D eigenvalue weighted by Gasteiger charge is 2.38. The molecule has 2 fully saturated rings. The molecule has 0 radical (unpaired) electrons. The molecule has 186 valence electrons. The van der Waals surface area contributed by atoms with Crippen LogP contribution < -0.4 is 22.5 Å². The number of esters is 1. The Morgan fingerprint density at radius 1 is 1.06 bits per heavy atom. The summed E-state index contributed by atoms with van der Waals surface area (Å²) in [5, 5.41) is 9.46. The normalized spacial score (nSPS) is 28.2. The van der Waals surface area contributed by atoms with Gasteiger partial charge in [-0.1, -0.05) is 22.6 Å². The van der Waals surface area contributed by atoms with E-state index in [0.717, 1.165) is 0 Å². The van der Waals surface area contributed by atoms with Gasteiger partial charge >= 0.3 is 17.3 Å². The van der Waals surface area contributed by atoms with Crippen LogP contribution in [0.3, 0.4) is 0 Å². The third-order valence-corrected chi connectivity index (χ3v) is 6.20. The number of alkyl halides is 1. The minimum atomic E-state index is -0.575. The van der Waals surface area contributed by atoms with Crippen LogP contribution in [0, 0.1) is 0 Å². The van der Waals surface area contributed by atoms with Crippen LogP contribution in [0.25, 0.3) is 0 Å². The first-order valence-electron chi connectivity index (χ1n) is 10.4. The number of aliphatic hydroxyl groups is 1. The van der Waals surface area contributed by atoms with E-state index in [4.69, 9.17) is 14.2 Å². The van der Waals surface area contributed by atoms with Crippen LogP contribution in [0.2, 0.25) is 0 Å². The number of rotatable bonds is 4.